The fourth-order valence-corrected chi connectivity index (χ4v) is 1.72. The quantitative estimate of drug-likeness (QED) is 0.871. The van der Waals surface area contributed by atoms with Crippen LogP contribution in [0, 0.1) is 5.92 Å². The van der Waals surface area contributed by atoms with Crippen LogP contribution in [-0.2, 0) is 0 Å². The molecule has 0 spiro atoms. The molecule has 0 bridgehead atoms. The first kappa shape index (κ1) is 10.9. The maximum absolute atomic E-state index is 9.48. The van der Waals surface area contributed by atoms with Crippen LogP contribution >= 0.6 is 27.3 Å². The summed E-state index contributed by atoms with van der Waals surface area (Å²) in [5.41, 5.74) is 0. The predicted molar refractivity (Wildman–Crippen MR) is 56.9 cm³/mol. The van der Waals surface area contributed by atoms with E-state index in [1.165, 1.54) is 11.3 Å². The molecule has 1 aromatic heterocycles. The zero-order valence-corrected chi connectivity index (χ0v) is 9.89. The summed E-state index contributed by atoms with van der Waals surface area (Å²) in [4.78, 5) is 0. The van der Waals surface area contributed by atoms with Crippen molar-refractivity contribution in [2.24, 2.45) is 5.92 Å². The number of aromatic nitrogens is 2. The van der Waals surface area contributed by atoms with Crippen LogP contribution in [0.15, 0.2) is 3.92 Å². The summed E-state index contributed by atoms with van der Waals surface area (Å²) < 4.78 is 0.744. The van der Waals surface area contributed by atoms with Gasteiger partial charge in [0.2, 0.25) is 5.13 Å². The van der Waals surface area contributed by atoms with Gasteiger partial charge in [-0.25, -0.2) is 0 Å². The Hall–Kier alpha value is -0.200. The standard InChI is InChI=1S/C7H12BrN3OS/c1-4(2)5(12)3-9-7-11-10-6(8)13-7/h4-5,12H,3H2,1-2H3,(H,9,11). The third-order valence-electron chi connectivity index (χ3n) is 1.63. The fourth-order valence-electron chi connectivity index (χ4n) is 0.704. The van der Waals surface area contributed by atoms with Gasteiger partial charge in [0.1, 0.15) is 0 Å². The number of halogens is 1. The molecule has 0 amide bonds. The van der Waals surface area contributed by atoms with Crippen molar-refractivity contribution in [1.82, 2.24) is 10.2 Å². The van der Waals surface area contributed by atoms with Crippen molar-refractivity contribution in [2.45, 2.75) is 20.0 Å². The highest BCUT2D eigenvalue weighted by Crippen LogP contribution is 2.20. The number of nitrogens with one attached hydrogen (secondary N) is 1. The van der Waals surface area contributed by atoms with Crippen LogP contribution in [0.1, 0.15) is 13.8 Å². The van der Waals surface area contributed by atoms with E-state index in [0.29, 0.717) is 6.54 Å². The van der Waals surface area contributed by atoms with Crippen molar-refractivity contribution in [1.29, 1.82) is 0 Å². The van der Waals surface area contributed by atoms with E-state index in [4.69, 9.17) is 0 Å². The average Bonchev–Trinajstić information content (AvgIpc) is 2.47. The van der Waals surface area contributed by atoms with Crippen LogP contribution in [0.4, 0.5) is 5.13 Å². The molecule has 1 rings (SSSR count). The molecule has 0 aliphatic heterocycles. The van der Waals surface area contributed by atoms with Gasteiger partial charge in [-0.3, -0.25) is 0 Å². The zero-order chi connectivity index (χ0) is 9.84. The minimum absolute atomic E-state index is 0.254. The van der Waals surface area contributed by atoms with Gasteiger partial charge in [-0.05, 0) is 21.8 Å². The predicted octanol–water partition coefficient (Wildman–Crippen LogP) is 1.73. The lowest BCUT2D eigenvalue weighted by Gasteiger charge is -2.13. The zero-order valence-electron chi connectivity index (χ0n) is 7.49. The normalized spacial score (nSPS) is 13.3. The Labute approximate surface area is 89.5 Å². The van der Waals surface area contributed by atoms with Gasteiger partial charge in [0.15, 0.2) is 3.92 Å². The second-order valence-corrected chi connectivity index (χ2v) is 5.31. The number of nitrogens with zero attached hydrogens (tertiary/aromatic N) is 2. The molecule has 13 heavy (non-hydrogen) atoms. The van der Waals surface area contributed by atoms with Gasteiger partial charge >= 0.3 is 0 Å². The van der Waals surface area contributed by atoms with E-state index in [1.54, 1.807) is 0 Å². The summed E-state index contributed by atoms with van der Waals surface area (Å²) in [6, 6.07) is 0. The monoisotopic (exact) mass is 265 g/mol. The van der Waals surface area contributed by atoms with Crippen LogP contribution in [0.5, 0.6) is 0 Å². The summed E-state index contributed by atoms with van der Waals surface area (Å²) >= 11 is 4.62. The molecule has 4 nitrogen and oxygen atoms in total. The molecule has 0 aliphatic rings. The van der Waals surface area contributed by atoms with Crippen LogP contribution in [0.2, 0.25) is 0 Å². The molecule has 6 heteroatoms. The molecule has 1 atom stereocenters. The number of hydrogen-bond donors (Lipinski definition) is 2. The first-order chi connectivity index (χ1) is 6.09. The smallest absolute Gasteiger partial charge is 0.206 e. The van der Waals surface area contributed by atoms with Crippen LogP contribution in [0.25, 0.3) is 0 Å². The molecular weight excluding hydrogens is 254 g/mol. The fraction of sp³-hybridized carbons (Fsp3) is 0.714. The van der Waals surface area contributed by atoms with E-state index in [9.17, 15) is 5.11 Å². The Morgan fingerprint density at radius 1 is 1.54 bits per heavy atom. The van der Waals surface area contributed by atoms with Gasteiger partial charge < -0.3 is 10.4 Å². The van der Waals surface area contributed by atoms with Crippen molar-refractivity contribution >= 4 is 32.4 Å². The minimum Gasteiger partial charge on any atom is -0.391 e. The number of hydrogen-bond acceptors (Lipinski definition) is 5. The number of aliphatic hydroxyl groups is 1. The molecule has 1 unspecified atom stereocenters. The maximum atomic E-state index is 9.48. The Morgan fingerprint density at radius 2 is 2.23 bits per heavy atom. The average molecular weight is 266 g/mol. The van der Waals surface area contributed by atoms with Crippen molar-refractivity contribution < 1.29 is 5.11 Å². The highest BCUT2D eigenvalue weighted by molar-refractivity contribution is 9.11. The van der Waals surface area contributed by atoms with E-state index in [2.05, 4.69) is 31.4 Å². The van der Waals surface area contributed by atoms with Gasteiger partial charge in [0, 0.05) is 6.54 Å². The highest BCUT2D eigenvalue weighted by Gasteiger charge is 2.09. The van der Waals surface area contributed by atoms with Crippen molar-refractivity contribution in [3.63, 3.8) is 0 Å². The van der Waals surface area contributed by atoms with E-state index >= 15 is 0 Å². The number of aliphatic hydroxyl groups excluding tert-OH is 1. The first-order valence-electron chi connectivity index (χ1n) is 4.00. The lowest BCUT2D eigenvalue weighted by atomic mass is 10.1. The molecule has 1 aromatic rings. The Kier molecular flexibility index (Phi) is 4.08. The topological polar surface area (TPSA) is 58.0 Å². The largest absolute Gasteiger partial charge is 0.391 e. The van der Waals surface area contributed by atoms with E-state index in [0.717, 1.165) is 9.05 Å². The maximum Gasteiger partial charge on any atom is 0.206 e. The molecule has 0 saturated heterocycles. The number of anilines is 1. The molecule has 74 valence electrons. The second-order valence-electron chi connectivity index (χ2n) is 3.05. The highest BCUT2D eigenvalue weighted by atomic mass is 79.9. The van der Waals surface area contributed by atoms with E-state index < -0.39 is 0 Å². The van der Waals surface area contributed by atoms with Crippen LogP contribution < -0.4 is 5.32 Å². The summed E-state index contributed by atoms with van der Waals surface area (Å²) in [7, 11) is 0. The van der Waals surface area contributed by atoms with Crippen LogP contribution in [-0.4, -0.2) is 28.0 Å². The van der Waals surface area contributed by atoms with Gasteiger partial charge in [-0.1, -0.05) is 25.2 Å². The first-order valence-corrected chi connectivity index (χ1v) is 5.61. The van der Waals surface area contributed by atoms with Gasteiger partial charge in [-0.15, -0.1) is 10.2 Å². The molecule has 0 radical (unpaired) electrons. The van der Waals surface area contributed by atoms with Crippen LogP contribution in [0.3, 0.4) is 0 Å². The lowest BCUT2D eigenvalue weighted by Crippen LogP contribution is -2.24. The summed E-state index contributed by atoms with van der Waals surface area (Å²) in [6.45, 7) is 4.46. The summed E-state index contributed by atoms with van der Waals surface area (Å²) in [5.74, 6) is 0.254. The Balaban J connectivity index is 2.35. The van der Waals surface area contributed by atoms with E-state index in [1.807, 2.05) is 13.8 Å². The summed E-state index contributed by atoms with van der Waals surface area (Å²) in [5, 5.41) is 20.8. The third kappa shape index (κ3) is 3.58. The van der Waals surface area contributed by atoms with Crippen molar-refractivity contribution in [2.75, 3.05) is 11.9 Å². The SMILES string of the molecule is CC(C)C(O)CNc1nnc(Br)s1. The second kappa shape index (κ2) is 4.88. The van der Waals surface area contributed by atoms with Gasteiger partial charge in [0.05, 0.1) is 6.10 Å². The Bertz CT molecular complexity index is 266. The minimum atomic E-state index is -0.345. The summed E-state index contributed by atoms with van der Waals surface area (Å²) in [6.07, 6.45) is -0.345. The molecule has 0 saturated carbocycles. The molecular formula is C7H12BrN3OS. The van der Waals surface area contributed by atoms with E-state index in [-0.39, 0.29) is 12.0 Å². The Morgan fingerprint density at radius 3 is 2.69 bits per heavy atom. The molecule has 0 aromatic carbocycles. The van der Waals surface area contributed by atoms with Gasteiger partial charge in [0.25, 0.3) is 0 Å². The number of rotatable bonds is 4. The third-order valence-corrected chi connectivity index (χ3v) is 2.95. The van der Waals surface area contributed by atoms with Gasteiger partial charge in [-0.2, -0.15) is 0 Å². The lowest BCUT2D eigenvalue weighted by molar-refractivity contribution is 0.138. The van der Waals surface area contributed by atoms with Crippen molar-refractivity contribution in [3.05, 3.63) is 3.92 Å². The molecule has 0 aliphatic carbocycles. The molecule has 2 N–H and O–H groups in total. The van der Waals surface area contributed by atoms with Crippen molar-refractivity contribution in [3.8, 4) is 0 Å². The molecule has 1 heterocycles. The molecule has 0 fully saturated rings.